The number of hydrogen-bond acceptors (Lipinski definition) is 3. The highest BCUT2D eigenvalue weighted by molar-refractivity contribution is 5.71. The Kier molecular flexibility index (Phi) is 2.64. The van der Waals surface area contributed by atoms with E-state index in [1.807, 2.05) is 12.1 Å². The van der Waals surface area contributed by atoms with Crippen LogP contribution in [0.1, 0.15) is 23.5 Å². The first-order valence-electron chi connectivity index (χ1n) is 5.94. The number of aromatic amines is 1. The highest BCUT2D eigenvalue weighted by atomic mass is 19.1. The van der Waals surface area contributed by atoms with Crippen LogP contribution in [0.2, 0.25) is 0 Å². The van der Waals surface area contributed by atoms with Crippen LogP contribution in [0.3, 0.4) is 0 Å². The fourth-order valence-electron chi connectivity index (χ4n) is 2.08. The number of H-pyrrole nitrogens is 1. The van der Waals surface area contributed by atoms with Crippen LogP contribution in [0.4, 0.5) is 4.39 Å². The second-order valence-corrected chi connectivity index (χ2v) is 4.61. The van der Waals surface area contributed by atoms with Gasteiger partial charge < -0.3 is 4.98 Å². The van der Waals surface area contributed by atoms with E-state index in [1.54, 1.807) is 24.7 Å². The lowest BCUT2D eigenvalue weighted by Crippen LogP contribution is -2.26. The summed E-state index contributed by atoms with van der Waals surface area (Å²) in [6.07, 6.45) is 7.37. The van der Waals surface area contributed by atoms with E-state index in [0.29, 0.717) is 5.82 Å². The molecule has 1 aliphatic rings. The zero-order chi connectivity index (χ0) is 13.3. The first-order chi connectivity index (χ1) is 9.18. The molecule has 0 saturated carbocycles. The van der Waals surface area contributed by atoms with E-state index in [2.05, 4.69) is 15.0 Å². The number of rotatable bonds is 3. The molecule has 4 nitrogen and oxygen atoms in total. The van der Waals surface area contributed by atoms with E-state index in [4.69, 9.17) is 5.26 Å². The number of hydrogen-bond donors (Lipinski definition) is 1. The summed E-state index contributed by atoms with van der Waals surface area (Å²) in [7, 11) is 0. The minimum atomic E-state index is -1.81. The predicted octanol–water partition coefficient (Wildman–Crippen LogP) is 2.41. The zero-order valence-corrected chi connectivity index (χ0v) is 10.1. The summed E-state index contributed by atoms with van der Waals surface area (Å²) in [5, 5.41) is 8.60. The van der Waals surface area contributed by atoms with Gasteiger partial charge in [0.15, 0.2) is 0 Å². The van der Waals surface area contributed by atoms with Crippen molar-refractivity contribution in [2.24, 2.45) is 0 Å². The van der Waals surface area contributed by atoms with Crippen molar-refractivity contribution in [1.82, 2.24) is 15.0 Å². The lowest BCUT2D eigenvalue weighted by atomic mass is 9.84. The van der Waals surface area contributed by atoms with Gasteiger partial charge in [0, 0.05) is 37.1 Å². The molecular formula is C14H11FN4. The van der Waals surface area contributed by atoms with Crippen molar-refractivity contribution in [3.63, 3.8) is 0 Å². The van der Waals surface area contributed by atoms with Crippen LogP contribution in [0.15, 0.2) is 36.8 Å². The van der Waals surface area contributed by atoms with Gasteiger partial charge in [-0.25, -0.2) is 9.37 Å². The highest BCUT2D eigenvalue weighted by Crippen LogP contribution is 2.38. The van der Waals surface area contributed by atoms with Crippen LogP contribution in [0, 0.1) is 11.3 Å². The van der Waals surface area contributed by atoms with E-state index in [1.165, 1.54) is 6.08 Å². The van der Waals surface area contributed by atoms with Crippen LogP contribution in [0.5, 0.6) is 0 Å². The molecular weight excluding hydrogens is 243 g/mol. The Morgan fingerprint density at radius 3 is 2.84 bits per heavy atom. The summed E-state index contributed by atoms with van der Waals surface area (Å²) in [5.74, 6) is 0.646. The maximum atomic E-state index is 13.4. The summed E-state index contributed by atoms with van der Waals surface area (Å²) >= 11 is 0. The smallest absolute Gasteiger partial charge is 0.219 e. The second-order valence-electron chi connectivity index (χ2n) is 4.61. The van der Waals surface area contributed by atoms with Gasteiger partial charge in [-0.1, -0.05) is 0 Å². The van der Waals surface area contributed by atoms with Gasteiger partial charge >= 0.3 is 0 Å². The van der Waals surface area contributed by atoms with Crippen LogP contribution in [0.25, 0.3) is 5.57 Å². The third kappa shape index (κ3) is 2.25. The molecule has 3 rings (SSSR count). The summed E-state index contributed by atoms with van der Waals surface area (Å²) < 4.78 is 13.4. The van der Waals surface area contributed by atoms with Gasteiger partial charge in [-0.05, 0) is 29.3 Å². The Hall–Kier alpha value is -2.48. The zero-order valence-electron chi connectivity index (χ0n) is 10.1. The number of alkyl halides is 1. The first-order valence-corrected chi connectivity index (χ1v) is 5.94. The van der Waals surface area contributed by atoms with Crippen molar-refractivity contribution < 1.29 is 4.39 Å². The topological polar surface area (TPSA) is 65.4 Å². The SMILES string of the molecule is N#CC1(F)C=C(c2ncc(Cc3ccncc3)[nH]2)C1. The minimum Gasteiger partial charge on any atom is -0.342 e. The summed E-state index contributed by atoms with van der Waals surface area (Å²) in [5.41, 5.74) is 1.03. The molecule has 0 amide bonds. The van der Waals surface area contributed by atoms with Crippen molar-refractivity contribution in [3.8, 4) is 6.07 Å². The summed E-state index contributed by atoms with van der Waals surface area (Å²) in [6, 6.07) is 5.50. The van der Waals surface area contributed by atoms with Gasteiger partial charge in [0.2, 0.25) is 5.67 Å². The van der Waals surface area contributed by atoms with Crippen molar-refractivity contribution in [2.45, 2.75) is 18.5 Å². The Balaban J connectivity index is 1.75. The van der Waals surface area contributed by atoms with Crippen molar-refractivity contribution in [3.05, 3.63) is 53.9 Å². The van der Waals surface area contributed by atoms with Gasteiger partial charge in [-0.3, -0.25) is 4.98 Å². The standard InChI is InChI=1S/C14H11FN4/c15-14(9-16)6-11(7-14)13-18-8-12(19-13)5-10-1-3-17-4-2-10/h1-4,6,8H,5,7H2,(H,18,19). The molecule has 2 aromatic heterocycles. The van der Waals surface area contributed by atoms with Crippen LogP contribution < -0.4 is 0 Å². The van der Waals surface area contributed by atoms with Crippen molar-refractivity contribution in [2.75, 3.05) is 0 Å². The number of allylic oxidation sites excluding steroid dienone is 2. The molecule has 0 fully saturated rings. The number of nitrogens with zero attached hydrogens (tertiary/aromatic N) is 3. The monoisotopic (exact) mass is 254 g/mol. The molecule has 19 heavy (non-hydrogen) atoms. The fraction of sp³-hybridized carbons (Fsp3) is 0.214. The number of nitriles is 1. The molecule has 94 valence electrons. The fourth-order valence-corrected chi connectivity index (χ4v) is 2.08. The number of aromatic nitrogens is 3. The molecule has 0 aliphatic heterocycles. The molecule has 0 radical (unpaired) electrons. The van der Waals surface area contributed by atoms with Crippen LogP contribution in [-0.4, -0.2) is 20.6 Å². The Morgan fingerprint density at radius 1 is 1.42 bits per heavy atom. The summed E-state index contributed by atoms with van der Waals surface area (Å²) in [4.78, 5) is 11.3. The van der Waals surface area contributed by atoms with E-state index in [9.17, 15) is 4.39 Å². The average Bonchev–Trinajstić information content (AvgIpc) is 2.84. The van der Waals surface area contributed by atoms with Crippen LogP contribution >= 0.6 is 0 Å². The largest absolute Gasteiger partial charge is 0.342 e. The molecule has 5 heteroatoms. The van der Waals surface area contributed by atoms with E-state index in [-0.39, 0.29) is 6.42 Å². The Labute approximate surface area is 109 Å². The molecule has 1 atom stereocenters. The minimum absolute atomic E-state index is 0.103. The number of nitrogens with one attached hydrogen (secondary N) is 1. The average molecular weight is 254 g/mol. The van der Waals surface area contributed by atoms with Crippen molar-refractivity contribution >= 4 is 5.57 Å². The third-order valence-electron chi connectivity index (χ3n) is 3.11. The quantitative estimate of drug-likeness (QED) is 0.914. The van der Waals surface area contributed by atoms with Crippen LogP contribution in [-0.2, 0) is 6.42 Å². The molecule has 1 unspecified atom stereocenters. The van der Waals surface area contributed by atoms with E-state index >= 15 is 0 Å². The van der Waals surface area contributed by atoms with Gasteiger partial charge in [0.05, 0.1) is 0 Å². The molecule has 0 bridgehead atoms. The maximum Gasteiger partial charge on any atom is 0.219 e. The highest BCUT2D eigenvalue weighted by Gasteiger charge is 2.38. The molecule has 1 aliphatic carbocycles. The maximum absolute atomic E-state index is 13.4. The first kappa shape index (κ1) is 11.6. The Bertz CT molecular complexity index is 668. The predicted molar refractivity (Wildman–Crippen MR) is 67.7 cm³/mol. The summed E-state index contributed by atoms with van der Waals surface area (Å²) in [6.45, 7) is 0. The number of halogens is 1. The molecule has 0 spiro atoms. The Morgan fingerprint density at radius 2 is 2.16 bits per heavy atom. The van der Waals surface area contributed by atoms with Crippen molar-refractivity contribution in [1.29, 1.82) is 5.26 Å². The van der Waals surface area contributed by atoms with Gasteiger partial charge in [0.1, 0.15) is 11.9 Å². The van der Waals surface area contributed by atoms with E-state index < -0.39 is 5.67 Å². The molecule has 0 aromatic carbocycles. The normalized spacial score (nSPS) is 21.4. The van der Waals surface area contributed by atoms with Gasteiger partial charge in [-0.15, -0.1) is 0 Å². The second kappa shape index (κ2) is 4.32. The van der Waals surface area contributed by atoms with Gasteiger partial charge in [0.25, 0.3) is 0 Å². The molecule has 2 heterocycles. The lowest BCUT2D eigenvalue weighted by molar-refractivity contribution is 0.294. The van der Waals surface area contributed by atoms with E-state index in [0.717, 1.165) is 23.3 Å². The third-order valence-corrected chi connectivity index (χ3v) is 3.11. The van der Waals surface area contributed by atoms with Gasteiger partial charge in [-0.2, -0.15) is 5.26 Å². The molecule has 0 saturated heterocycles. The lowest BCUT2D eigenvalue weighted by Gasteiger charge is -2.24. The molecule has 2 aromatic rings. The number of pyridine rings is 1. The molecule has 1 N–H and O–H groups in total. The number of imidazole rings is 1.